The van der Waals surface area contributed by atoms with E-state index in [4.69, 9.17) is 9.97 Å². The van der Waals surface area contributed by atoms with E-state index in [0.29, 0.717) is 5.82 Å². The molecule has 0 saturated carbocycles. The van der Waals surface area contributed by atoms with Gasteiger partial charge in [0.1, 0.15) is 0 Å². The largest absolute Gasteiger partial charge is 0.228 e. The Morgan fingerprint density at radius 2 is 0.931 bits per heavy atom. The Hall–Kier alpha value is -6.94. The molecule has 0 aliphatic heterocycles. The van der Waals surface area contributed by atoms with Gasteiger partial charge < -0.3 is 0 Å². The second-order valence-electron chi connectivity index (χ2n) is 15.8. The Bertz CT molecular complexity index is 3180. The van der Waals surface area contributed by atoms with Crippen LogP contribution in [-0.2, 0) is 5.41 Å². The van der Waals surface area contributed by atoms with Crippen molar-refractivity contribution in [1.29, 1.82) is 0 Å². The SMILES string of the molecule is CC1(C)c2ccccc2-c2cc(-c3ccc(-c4cc(-c5cc(-c6ccccc6)cc(-c6cccc7c6sc6ccccc67)c5)nc(-c5ccccc5)n4)cc3)ccc21. The standard InChI is InChI=1S/C55H38N2S/c1-55(2)48-22-11-9-18-44(48)47-33-39(28-29-49(47)55)36-24-26-37(27-25-36)50-34-51(57-54(56-50)38-16-7-4-8-17-38)42-31-40(35-14-5-3-6-15-35)30-41(32-42)43-20-13-21-46-45-19-10-12-23-52(45)58-53(43)46/h3-34H,1-2H3. The van der Waals surface area contributed by atoms with Crippen LogP contribution in [0.4, 0.5) is 0 Å². The summed E-state index contributed by atoms with van der Waals surface area (Å²) < 4.78 is 2.60. The van der Waals surface area contributed by atoms with Gasteiger partial charge in [-0.15, -0.1) is 11.3 Å². The van der Waals surface area contributed by atoms with Crippen molar-refractivity contribution in [1.82, 2.24) is 9.97 Å². The van der Waals surface area contributed by atoms with E-state index in [9.17, 15) is 0 Å². The van der Waals surface area contributed by atoms with Crippen molar-refractivity contribution in [3.8, 4) is 78.4 Å². The van der Waals surface area contributed by atoms with Gasteiger partial charge in [0.2, 0.25) is 0 Å². The Morgan fingerprint density at radius 1 is 0.362 bits per heavy atom. The molecule has 11 rings (SSSR count). The summed E-state index contributed by atoms with van der Waals surface area (Å²) in [4.78, 5) is 10.5. The fourth-order valence-corrected chi connectivity index (χ4v) is 10.1. The normalized spacial score (nSPS) is 12.8. The predicted molar refractivity (Wildman–Crippen MR) is 245 cm³/mol. The molecule has 2 aromatic heterocycles. The van der Waals surface area contributed by atoms with Crippen molar-refractivity contribution >= 4 is 31.5 Å². The van der Waals surface area contributed by atoms with Crippen LogP contribution in [0, 0.1) is 0 Å². The predicted octanol–water partition coefficient (Wildman–Crippen LogP) is 15.2. The van der Waals surface area contributed by atoms with Gasteiger partial charge in [0.25, 0.3) is 0 Å². The highest BCUT2D eigenvalue weighted by Gasteiger charge is 2.35. The lowest BCUT2D eigenvalue weighted by Crippen LogP contribution is -2.14. The number of nitrogens with zero attached hydrogens (tertiary/aromatic N) is 2. The number of fused-ring (bicyclic) bond motifs is 6. The van der Waals surface area contributed by atoms with Gasteiger partial charge in [0.15, 0.2) is 5.82 Å². The van der Waals surface area contributed by atoms with E-state index < -0.39 is 0 Å². The lowest BCUT2D eigenvalue weighted by Gasteiger charge is -2.21. The molecular weight excluding hydrogens is 721 g/mol. The van der Waals surface area contributed by atoms with Crippen LogP contribution in [0.25, 0.3) is 98.6 Å². The summed E-state index contributed by atoms with van der Waals surface area (Å²) in [6.45, 7) is 4.66. The van der Waals surface area contributed by atoms with E-state index in [-0.39, 0.29) is 5.41 Å². The Kier molecular flexibility index (Phi) is 8.06. The van der Waals surface area contributed by atoms with Crippen LogP contribution in [0.5, 0.6) is 0 Å². The molecule has 0 spiro atoms. The van der Waals surface area contributed by atoms with Crippen LogP contribution in [-0.4, -0.2) is 9.97 Å². The third-order valence-corrected chi connectivity index (χ3v) is 13.1. The third-order valence-electron chi connectivity index (χ3n) is 11.9. The molecule has 0 fully saturated rings. The molecular formula is C55H38N2S. The van der Waals surface area contributed by atoms with Gasteiger partial charge in [0.05, 0.1) is 11.4 Å². The van der Waals surface area contributed by atoms with Gasteiger partial charge in [-0.2, -0.15) is 0 Å². The molecule has 0 N–H and O–H groups in total. The Balaban J connectivity index is 1.05. The van der Waals surface area contributed by atoms with E-state index in [2.05, 4.69) is 202 Å². The van der Waals surface area contributed by atoms with Gasteiger partial charge in [-0.25, -0.2) is 9.97 Å². The highest BCUT2D eigenvalue weighted by Crippen LogP contribution is 2.49. The number of hydrogen-bond acceptors (Lipinski definition) is 3. The minimum atomic E-state index is -0.0111. The van der Waals surface area contributed by atoms with Crippen molar-refractivity contribution in [3.63, 3.8) is 0 Å². The van der Waals surface area contributed by atoms with Crippen molar-refractivity contribution < 1.29 is 0 Å². The number of aromatic nitrogens is 2. The van der Waals surface area contributed by atoms with Crippen LogP contribution in [0.3, 0.4) is 0 Å². The summed E-state index contributed by atoms with van der Waals surface area (Å²) in [6.07, 6.45) is 0. The number of benzene rings is 8. The summed E-state index contributed by atoms with van der Waals surface area (Å²) in [5, 5.41) is 2.59. The Morgan fingerprint density at radius 3 is 1.74 bits per heavy atom. The zero-order chi connectivity index (χ0) is 38.8. The summed E-state index contributed by atoms with van der Waals surface area (Å²) in [7, 11) is 0. The molecule has 0 amide bonds. The van der Waals surface area contributed by atoms with Gasteiger partial charge in [-0.05, 0) is 92.0 Å². The number of rotatable bonds is 6. The monoisotopic (exact) mass is 758 g/mol. The average molecular weight is 759 g/mol. The highest BCUT2D eigenvalue weighted by atomic mass is 32.1. The molecule has 1 aliphatic carbocycles. The van der Waals surface area contributed by atoms with Crippen LogP contribution >= 0.6 is 11.3 Å². The molecule has 0 bridgehead atoms. The second kappa shape index (κ2) is 13.6. The molecule has 0 saturated heterocycles. The first-order chi connectivity index (χ1) is 28.5. The van der Waals surface area contributed by atoms with Crippen molar-refractivity contribution in [2.24, 2.45) is 0 Å². The summed E-state index contributed by atoms with van der Waals surface area (Å²) in [5.41, 5.74) is 17.4. The lowest BCUT2D eigenvalue weighted by molar-refractivity contribution is 0.660. The molecule has 0 unspecified atom stereocenters. The first kappa shape index (κ1) is 34.3. The topological polar surface area (TPSA) is 25.8 Å². The zero-order valence-electron chi connectivity index (χ0n) is 32.3. The smallest absolute Gasteiger partial charge is 0.160 e. The first-order valence-corrected chi connectivity index (χ1v) is 20.7. The maximum absolute atomic E-state index is 5.29. The molecule has 1 aliphatic rings. The van der Waals surface area contributed by atoms with E-state index >= 15 is 0 Å². The number of thiophene rings is 1. The summed E-state index contributed by atoms with van der Waals surface area (Å²) in [5.74, 6) is 0.704. The summed E-state index contributed by atoms with van der Waals surface area (Å²) in [6, 6.07) is 70.1. The Labute approximate surface area is 342 Å². The first-order valence-electron chi connectivity index (χ1n) is 19.9. The van der Waals surface area contributed by atoms with Gasteiger partial charge in [0, 0.05) is 42.3 Å². The maximum atomic E-state index is 5.29. The zero-order valence-corrected chi connectivity index (χ0v) is 33.1. The third kappa shape index (κ3) is 5.78. The minimum Gasteiger partial charge on any atom is -0.228 e. The molecule has 2 heterocycles. The van der Waals surface area contributed by atoms with Gasteiger partial charge >= 0.3 is 0 Å². The fraction of sp³-hybridized carbons (Fsp3) is 0.0545. The van der Waals surface area contributed by atoms with Crippen LogP contribution in [0.1, 0.15) is 25.0 Å². The van der Waals surface area contributed by atoms with E-state index in [1.807, 2.05) is 17.4 Å². The van der Waals surface area contributed by atoms with Crippen LogP contribution in [0.15, 0.2) is 194 Å². The molecule has 8 aromatic carbocycles. The molecule has 274 valence electrons. The molecule has 10 aromatic rings. The molecule has 58 heavy (non-hydrogen) atoms. The van der Waals surface area contributed by atoms with Crippen LogP contribution < -0.4 is 0 Å². The lowest BCUT2D eigenvalue weighted by atomic mass is 9.82. The second-order valence-corrected chi connectivity index (χ2v) is 16.8. The molecule has 0 radical (unpaired) electrons. The number of hydrogen-bond donors (Lipinski definition) is 0. The maximum Gasteiger partial charge on any atom is 0.160 e. The van der Waals surface area contributed by atoms with Crippen molar-refractivity contribution in [2.75, 3.05) is 0 Å². The average Bonchev–Trinajstić information content (AvgIpc) is 3.78. The van der Waals surface area contributed by atoms with E-state index in [1.54, 1.807) is 0 Å². The quantitative estimate of drug-likeness (QED) is 0.169. The molecule has 3 heteroatoms. The van der Waals surface area contributed by atoms with Crippen molar-refractivity contribution in [2.45, 2.75) is 19.3 Å². The molecule has 2 nitrogen and oxygen atoms in total. The van der Waals surface area contributed by atoms with Crippen molar-refractivity contribution in [3.05, 3.63) is 205 Å². The van der Waals surface area contributed by atoms with E-state index in [1.165, 1.54) is 70.2 Å². The molecule has 0 atom stereocenters. The van der Waals surface area contributed by atoms with E-state index in [0.717, 1.165) is 33.6 Å². The fourth-order valence-electron chi connectivity index (χ4n) is 8.90. The highest BCUT2D eigenvalue weighted by molar-refractivity contribution is 7.26. The van der Waals surface area contributed by atoms with Gasteiger partial charge in [-0.3, -0.25) is 0 Å². The summed E-state index contributed by atoms with van der Waals surface area (Å²) >= 11 is 1.86. The minimum absolute atomic E-state index is 0.0111. The van der Waals surface area contributed by atoms with Crippen LogP contribution in [0.2, 0.25) is 0 Å². The van der Waals surface area contributed by atoms with Gasteiger partial charge in [-0.1, -0.05) is 172 Å².